The molecule has 5 unspecified atom stereocenters. The standard InChI is InChI=1S/C26H29NO5S/c1-14-7-8-16(21(28)23-22(29)24-25(30-23)32-26(2,3)31-24)11-17(14)13-19-9-10-20(33-19)15-5-4-6-18(27)12-15/h4-12,21-25,28-29H,13,27H2,1-3H3. The molecule has 2 aliphatic heterocycles. The lowest BCUT2D eigenvalue weighted by atomic mass is 9.94. The Kier molecular flexibility index (Phi) is 5.81. The largest absolute Gasteiger partial charge is 0.399 e. The Morgan fingerprint density at radius 3 is 2.67 bits per heavy atom. The van der Waals surface area contributed by atoms with Crippen LogP contribution in [0.15, 0.2) is 54.6 Å². The van der Waals surface area contributed by atoms with E-state index in [4.69, 9.17) is 19.9 Å². The van der Waals surface area contributed by atoms with Crippen LogP contribution in [0.25, 0.3) is 10.4 Å². The van der Waals surface area contributed by atoms with Crippen molar-refractivity contribution in [1.29, 1.82) is 0 Å². The van der Waals surface area contributed by atoms with Crippen molar-refractivity contribution >= 4 is 17.0 Å². The van der Waals surface area contributed by atoms with Crippen molar-refractivity contribution in [2.45, 2.75) is 63.7 Å². The highest BCUT2D eigenvalue weighted by Crippen LogP contribution is 2.41. The SMILES string of the molecule is Cc1ccc(C(O)C2OC3OC(C)(C)OC3C2O)cc1Cc1ccc(-c2cccc(N)c2)s1. The van der Waals surface area contributed by atoms with E-state index in [1.165, 1.54) is 9.75 Å². The Morgan fingerprint density at radius 2 is 1.91 bits per heavy atom. The summed E-state index contributed by atoms with van der Waals surface area (Å²) in [5, 5.41) is 21.7. The summed E-state index contributed by atoms with van der Waals surface area (Å²) in [7, 11) is 0. The zero-order valence-electron chi connectivity index (χ0n) is 18.9. The third kappa shape index (κ3) is 4.45. The van der Waals surface area contributed by atoms with E-state index in [0.29, 0.717) is 5.56 Å². The predicted octanol–water partition coefficient (Wildman–Crippen LogP) is 4.17. The molecule has 2 fully saturated rings. The van der Waals surface area contributed by atoms with Gasteiger partial charge in [-0.05, 0) is 67.3 Å². The van der Waals surface area contributed by atoms with Crippen LogP contribution in [0.3, 0.4) is 0 Å². The molecule has 2 saturated heterocycles. The van der Waals surface area contributed by atoms with Crippen LogP contribution in [-0.2, 0) is 20.6 Å². The quantitative estimate of drug-likeness (QED) is 0.488. The summed E-state index contributed by atoms with van der Waals surface area (Å²) in [6, 6.07) is 18.0. The molecule has 5 rings (SSSR count). The fourth-order valence-electron chi connectivity index (χ4n) is 4.54. The number of thiophene rings is 1. The van der Waals surface area contributed by atoms with Crippen LogP contribution < -0.4 is 5.73 Å². The number of rotatable bonds is 5. The van der Waals surface area contributed by atoms with Gasteiger partial charge in [-0.1, -0.05) is 30.3 Å². The maximum absolute atomic E-state index is 11.0. The summed E-state index contributed by atoms with van der Waals surface area (Å²) < 4.78 is 17.3. The fraction of sp³-hybridized carbons (Fsp3) is 0.385. The molecule has 0 radical (unpaired) electrons. The lowest BCUT2D eigenvalue weighted by molar-refractivity contribution is -0.226. The van der Waals surface area contributed by atoms with Gasteiger partial charge in [0.2, 0.25) is 0 Å². The molecule has 2 aliphatic rings. The van der Waals surface area contributed by atoms with Gasteiger partial charge in [0.1, 0.15) is 24.4 Å². The Labute approximate surface area is 197 Å². The van der Waals surface area contributed by atoms with Gasteiger partial charge < -0.3 is 30.2 Å². The van der Waals surface area contributed by atoms with E-state index in [-0.39, 0.29) is 0 Å². The molecular formula is C26H29NO5S. The third-order valence-corrected chi connectivity index (χ3v) is 7.41. The molecule has 5 atom stereocenters. The number of benzene rings is 2. The van der Waals surface area contributed by atoms with Gasteiger partial charge in [0, 0.05) is 21.9 Å². The van der Waals surface area contributed by atoms with Crippen LogP contribution in [0.5, 0.6) is 0 Å². The third-order valence-electron chi connectivity index (χ3n) is 6.28. The van der Waals surface area contributed by atoms with E-state index in [0.717, 1.165) is 28.8 Å². The van der Waals surface area contributed by atoms with Crippen molar-refractivity contribution in [2.75, 3.05) is 5.73 Å². The molecule has 2 aromatic carbocycles. The van der Waals surface area contributed by atoms with Crippen LogP contribution in [0.4, 0.5) is 5.69 Å². The topological polar surface area (TPSA) is 94.2 Å². The number of nitrogens with two attached hydrogens (primary N) is 1. The molecule has 0 saturated carbocycles. The fourth-order valence-corrected chi connectivity index (χ4v) is 5.57. The number of aryl methyl sites for hydroxylation is 1. The average Bonchev–Trinajstić information content (AvgIpc) is 3.43. The summed E-state index contributed by atoms with van der Waals surface area (Å²) in [5.74, 6) is -0.811. The molecular weight excluding hydrogens is 438 g/mol. The first-order valence-electron chi connectivity index (χ1n) is 11.1. The smallest absolute Gasteiger partial charge is 0.190 e. The number of ether oxygens (including phenoxy) is 3. The zero-order chi connectivity index (χ0) is 23.3. The van der Waals surface area contributed by atoms with Gasteiger partial charge in [-0.3, -0.25) is 0 Å². The van der Waals surface area contributed by atoms with Gasteiger partial charge in [0.05, 0.1) is 0 Å². The number of aliphatic hydroxyl groups is 2. The first kappa shape index (κ1) is 22.5. The summed E-state index contributed by atoms with van der Waals surface area (Å²) in [5.41, 5.74) is 10.8. The Hall–Kier alpha value is -2.26. The average molecular weight is 468 g/mol. The maximum Gasteiger partial charge on any atom is 0.190 e. The van der Waals surface area contributed by atoms with Crippen molar-refractivity contribution < 1.29 is 24.4 Å². The van der Waals surface area contributed by atoms with Gasteiger partial charge in [-0.25, -0.2) is 0 Å². The molecule has 0 amide bonds. The van der Waals surface area contributed by atoms with E-state index in [1.807, 2.05) is 36.4 Å². The zero-order valence-corrected chi connectivity index (χ0v) is 19.7. The van der Waals surface area contributed by atoms with Crippen molar-refractivity contribution in [3.63, 3.8) is 0 Å². The highest BCUT2D eigenvalue weighted by molar-refractivity contribution is 7.15. The molecule has 0 bridgehead atoms. The first-order valence-corrected chi connectivity index (χ1v) is 11.9. The molecule has 7 heteroatoms. The van der Waals surface area contributed by atoms with Gasteiger partial charge in [-0.15, -0.1) is 11.3 Å². The second-order valence-corrected chi connectivity index (χ2v) is 10.4. The van der Waals surface area contributed by atoms with Crippen molar-refractivity contribution in [3.8, 4) is 10.4 Å². The number of fused-ring (bicyclic) bond motifs is 1. The Morgan fingerprint density at radius 1 is 1.09 bits per heavy atom. The van der Waals surface area contributed by atoms with Gasteiger partial charge in [0.25, 0.3) is 0 Å². The normalized spacial score (nSPS) is 26.9. The molecule has 4 N–H and O–H groups in total. The molecule has 33 heavy (non-hydrogen) atoms. The first-order chi connectivity index (χ1) is 15.7. The number of hydrogen-bond donors (Lipinski definition) is 3. The minimum Gasteiger partial charge on any atom is -0.399 e. The molecule has 174 valence electrons. The van der Waals surface area contributed by atoms with E-state index < -0.39 is 36.5 Å². The Balaban J connectivity index is 1.33. The lowest BCUT2D eigenvalue weighted by Crippen LogP contribution is -2.37. The second-order valence-electron chi connectivity index (χ2n) is 9.26. The van der Waals surface area contributed by atoms with E-state index >= 15 is 0 Å². The molecule has 1 aromatic heterocycles. The van der Waals surface area contributed by atoms with Crippen LogP contribution in [-0.4, -0.2) is 40.6 Å². The molecule has 3 heterocycles. The second kappa shape index (κ2) is 8.51. The van der Waals surface area contributed by atoms with Gasteiger partial charge in [-0.2, -0.15) is 0 Å². The number of nitrogen functional groups attached to an aromatic ring is 1. The highest BCUT2D eigenvalue weighted by Gasteiger charge is 2.56. The highest BCUT2D eigenvalue weighted by atomic mass is 32.1. The van der Waals surface area contributed by atoms with E-state index in [9.17, 15) is 10.2 Å². The Bertz CT molecular complexity index is 1160. The summed E-state index contributed by atoms with van der Waals surface area (Å²) in [6.07, 6.45) is -3.33. The van der Waals surface area contributed by atoms with E-state index in [1.54, 1.807) is 25.2 Å². The van der Waals surface area contributed by atoms with E-state index in [2.05, 4.69) is 25.1 Å². The maximum atomic E-state index is 11.0. The van der Waals surface area contributed by atoms with Crippen molar-refractivity contribution in [2.24, 2.45) is 0 Å². The van der Waals surface area contributed by atoms with Gasteiger partial charge >= 0.3 is 0 Å². The lowest BCUT2D eigenvalue weighted by Gasteiger charge is -2.26. The van der Waals surface area contributed by atoms with Crippen LogP contribution >= 0.6 is 11.3 Å². The summed E-state index contributed by atoms with van der Waals surface area (Å²) in [4.78, 5) is 2.39. The van der Waals surface area contributed by atoms with Crippen LogP contribution in [0.2, 0.25) is 0 Å². The molecule has 3 aromatic rings. The summed E-state index contributed by atoms with van der Waals surface area (Å²) >= 11 is 1.73. The van der Waals surface area contributed by atoms with Crippen LogP contribution in [0.1, 0.15) is 41.5 Å². The van der Waals surface area contributed by atoms with Gasteiger partial charge in [0.15, 0.2) is 12.1 Å². The molecule has 0 aliphatic carbocycles. The minimum atomic E-state index is -0.994. The van der Waals surface area contributed by atoms with Crippen molar-refractivity contribution in [3.05, 3.63) is 76.2 Å². The molecule has 0 spiro atoms. The summed E-state index contributed by atoms with van der Waals surface area (Å²) in [6.45, 7) is 5.62. The minimum absolute atomic E-state index is 0.610. The number of aliphatic hydroxyl groups excluding tert-OH is 2. The number of anilines is 1. The predicted molar refractivity (Wildman–Crippen MR) is 128 cm³/mol. The molecule has 6 nitrogen and oxygen atoms in total. The number of hydrogen-bond acceptors (Lipinski definition) is 7. The van der Waals surface area contributed by atoms with Crippen molar-refractivity contribution in [1.82, 2.24) is 0 Å². The monoisotopic (exact) mass is 467 g/mol. The van der Waals surface area contributed by atoms with Crippen LogP contribution in [0, 0.1) is 6.92 Å².